The van der Waals surface area contributed by atoms with Gasteiger partial charge in [-0.15, -0.1) is 0 Å². The van der Waals surface area contributed by atoms with Crippen LogP contribution in [-0.4, -0.2) is 36.8 Å². The smallest absolute Gasteiger partial charge is 0.156 e. The second kappa shape index (κ2) is 7.63. The minimum atomic E-state index is -0.0425. The quantitative estimate of drug-likeness (QED) is 0.326. The number of imidazole rings is 1. The summed E-state index contributed by atoms with van der Waals surface area (Å²) in [4.78, 5) is 17.6. The zero-order valence-corrected chi connectivity index (χ0v) is 19.9. The Kier molecular flexibility index (Phi) is 4.69. The summed E-state index contributed by atoms with van der Waals surface area (Å²) < 4.78 is 4.59. The molecule has 2 aromatic carbocycles. The SMILES string of the molecule is CC(C)(C)n1cnc2ccc(-c3c[nH]c4ncc(-c5cccc(N6CCCS6)c5)nc34)cc21. The van der Waals surface area contributed by atoms with E-state index >= 15 is 0 Å². The Morgan fingerprint density at radius 3 is 2.76 bits per heavy atom. The molecule has 6 rings (SSSR count). The Morgan fingerprint density at radius 2 is 1.94 bits per heavy atom. The van der Waals surface area contributed by atoms with Crippen molar-refractivity contribution in [2.45, 2.75) is 32.7 Å². The number of hydrogen-bond acceptors (Lipinski definition) is 5. The number of H-pyrrole nitrogens is 1. The van der Waals surface area contributed by atoms with E-state index < -0.39 is 0 Å². The summed E-state index contributed by atoms with van der Waals surface area (Å²) in [6.45, 7) is 7.67. The van der Waals surface area contributed by atoms with Crippen molar-refractivity contribution in [1.29, 1.82) is 0 Å². The summed E-state index contributed by atoms with van der Waals surface area (Å²) in [5.74, 6) is 1.18. The van der Waals surface area contributed by atoms with Gasteiger partial charge in [-0.2, -0.15) is 0 Å². The van der Waals surface area contributed by atoms with Crippen molar-refractivity contribution >= 4 is 39.8 Å². The summed E-state index contributed by atoms with van der Waals surface area (Å²) in [5.41, 5.74) is 9.11. The van der Waals surface area contributed by atoms with E-state index in [1.54, 1.807) is 0 Å². The molecule has 0 spiro atoms. The molecule has 0 saturated carbocycles. The van der Waals surface area contributed by atoms with E-state index in [2.05, 4.69) is 87.1 Å². The molecule has 0 bridgehead atoms. The van der Waals surface area contributed by atoms with Crippen LogP contribution in [0.4, 0.5) is 5.69 Å². The summed E-state index contributed by atoms with van der Waals surface area (Å²) in [6.07, 6.45) is 7.01. The standard InChI is InChI=1S/C26H26N6S/c1-26(2,3)31-16-29-21-9-8-17(13-23(21)31)20-14-27-25-24(20)30-22(15-28-25)18-6-4-7-19(12-18)32-10-5-11-33-32/h4,6-9,12-16H,5,10-11H2,1-3H3,(H,27,28). The molecule has 7 heteroatoms. The lowest BCUT2D eigenvalue weighted by Crippen LogP contribution is -2.20. The van der Waals surface area contributed by atoms with E-state index in [9.17, 15) is 0 Å². The molecule has 0 radical (unpaired) electrons. The fraction of sp³-hybridized carbons (Fsp3) is 0.269. The molecule has 1 aliphatic rings. The van der Waals surface area contributed by atoms with Crippen LogP contribution in [0.15, 0.2) is 61.2 Å². The predicted octanol–water partition coefficient (Wildman–Crippen LogP) is 6.25. The summed E-state index contributed by atoms with van der Waals surface area (Å²) >= 11 is 1.89. The van der Waals surface area contributed by atoms with Gasteiger partial charge in [0.05, 0.1) is 29.3 Å². The second-order valence-corrected chi connectivity index (χ2v) is 10.6. The zero-order valence-electron chi connectivity index (χ0n) is 19.0. The predicted molar refractivity (Wildman–Crippen MR) is 137 cm³/mol. The van der Waals surface area contributed by atoms with E-state index in [1.807, 2.05) is 30.7 Å². The molecule has 3 aromatic heterocycles. The van der Waals surface area contributed by atoms with Crippen molar-refractivity contribution in [3.63, 3.8) is 0 Å². The second-order valence-electron chi connectivity index (χ2n) is 9.48. The summed E-state index contributed by atoms with van der Waals surface area (Å²) in [5, 5.41) is 0. The van der Waals surface area contributed by atoms with E-state index in [0.717, 1.165) is 51.1 Å². The molecule has 5 aromatic rings. The minimum absolute atomic E-state index is 0.0425. The van der Waals surface area contributed by atoms with Crippen molar-refractivity contribution < 1.29 is 0 Å². The summed E-state index contributed by atoms with van der Waals surface area (Å²) in [6, 6.07) is 15.0. The lowest BCUT2D eigenvalue weighted by Gasteiger charge is -2.21. The van der Waals surface area contributed by atoms with Crippen molar-refractivity contribution in [3.8, 4) is 22.4 Å². The normalized spacial score (nSPS) is 14.6. The first-order valence-electron chi connectivity index (χ1n) is 11.3. The molecule has 1 N–H and O–H groups in total. The number of rotatable bonds is 3. The zero-order chi connectivity index (χ0) is 22.6. The van der Waals surface area contributed by atoms with Crippen LogP contribution in [0.1, 0.15) is 27.2 Å². The molecule has 1 saturated heterocycles. The van der Waals surface area contributed by atoms with Gasteiger partial charge < -0.3 is 13.9 Å². The highest BCUT2D eigenvalue weighted by Crippen LogP contribution is 2.34. The van der Waals surface area contributed by atoms with Gasteiger partial charge in [0.2, 0.25) is 0 Å². The third kappa shape index (κ3) is 3.56. The first kappa shape index (κ1) is 20.3. The molecule has 0 aliphatic carbocycles. The molecule has 6 nitrogen and oxygen atoms in total. The highest BCUT2D eigenvalue weighted by Gasteiger charge is 2.18. The van der Waals surface area contributed by atoms with Crippen molar-refractivity contribution in [2.24, 2.45) is 0 Å². The van der Waals surface area contributed by atoms with E-state index in [-0.39, 0.29) is 5.54 Å². The molecule has 1 aliphatic heterocycles. The number of anilines is 1. The number of aromatic amines is 1. The largest absolute Gasteiger partial charge is 0.344 e. The third-order valence-corrected chi connectivity index (χ3v) is 7.32. The first-order valence-corrected chi connectivity index (χ1v) is 12.2. The highest BCUT2D eigenvalue weighted by atomic mass is 32.2. The highest BCUT2D eigenvalue weighted by molar-refractivity contribution is 8.00. The monoisotopic (exact) mass is 454 g/mol. The van der Waals surface area contributed by atoms with E-state index in [4.69, 9.17) is 4.98 Å². The molecule has 33 heavy (non-hydrogen) atoms. The third-order valence-electron chi connectivity index (χ3n) is 6.14. The molecular formula is C26H26N6S. The maximum atomic E-state index is 5.05. The minimum Gasteiger partial charge on any atom is -0.344 e. The number of nitrogens with zero attached hydrogens (tertiary/aromatic N) is 5. The van der Waals surface area contributed by atoms with E-state index in [1.165, 1.54) is 17.9 Å². The van der Waals surface area contributed by atoms with Crippen molar-refractivity contribution in [3.05, 3.63) is 61.2 Å². The Morgan fingerprint density at radius 1 is 1.03 bits per heavy atom. The number of hydrogen-bond donors (Lipinski definition) is 1. The van der Waals surface area contributed by atoms with Gasteiger partial charge in [-0.25, -0.2) is 15.0 Å². The number of benzene rings is 2. The molecule has 4 heterocycles. The van der Waals surface area contributed by atoms with Crippen LogP contribution in [0.3, 0.4) is 0 Å². The van der Waals surface area contributed by atoms with Gasteiger partial charge >= 0.3 is 0 Å². The Labute approximate surface area is 197 Å². The lowest BCUT2D eigenvalue weighted by molar-refractivity contribution is 0.408. The van der Waals surface area contributed by atoms with Gasteiger partial charge in [0, 0.05) is 40.8 Å². The Balaban J connectivity index is 1.44. The Bertz CT molecular complexity index is 1470. The van der Waals surface area contributed by atoms with Crippen LogP contribution in [0.5, 0.6) is 0 Å². The molecule has 0 atom stereocenters. The van der Waals surface area contributed by atoms with Crippen LogP contribution in [-0.2, 0) is 5.54 Å². The van der Waals surface area contributed by atoms with Crippen LogP contribution < -0.4 is 4.31 Å². The van der Waals surface area contributed by atoms with Crippen LogP contribution in [0.25, 0.3) is 44.6 Å². The van der Waals surface area contributed by atoms with Crippen LogP contribution >= 0.6 is 11.9 Å². The average molecular weight is 455 g/mol. The van der Waals surface area contributed by atoms with Gasteiger partial charge in [0.15, 0.2) is 5.65 Å². The van der Waals surface area contributed by atoms with Gasteiger partial charge in [-0.05, 0) is 69.0 Å². The summed E-state index contributed by atoms with van der Waals surface area (Å²) in [7, 11) is 0. The molecule has 0 unspecified atom stereocenters. The number of nitrogens with one attached hydrogen (secondary N) is 1. The fourth-order valence-electron chi connectivity index (χ4n) is 4.43. The fourth-order valence-corrected chi connectivity index (χ4v) is 5.43. The first-order chi connectivity index (χ1) is 16.0. The molecule has 1 fully saturated rings. The van der Waals surface area contributed by atoms with Crippen LogP contribution in [0.2, 0.25) is 0 Å². The number of fused-ring (bicyclic) bond motifs is 2. The number of aromatic nitrogens is 5. The Hall–Kier alpha value is -3.32. The topological polar surface area (TPSA) is 62.6 Å². The van der Waals surface area contributed by atoms with Gasteiger partial charge in [0.1, 0.15) is 5.52 Å². The van der Waals surface area contributed by atoms with E-state index in [0.29, 0.717) is 0 Å². The average Bonchev–Trinajstić information content (AvgIpc) is 3.57. The van der Waals surface area contributed by atoms with Crippen LogP contribution in [0, 0.1) is 0 Å². The maximum Gasteiger partial charge on any atom is 0.156 e. The van der Waals surface area contributed by atoms with Gasteiger partial charge in [-0.3, -0.25) is 0 Å². The molecule has 166 valence electrons. The molecular weight excluding hydrogens is 428 g/mol. The van der Waals surface area contributed by atoms with Crippen molar-refractivity contribution in [1.82, 2.24) is 24.5 Å². The van der Waals surface area contributed by atoms with Gasteiger partial charge in [0.25, 0.3) is 0 Å². The molecule has 0 amide bonds. The van der Waals surface area contributed by atoms with Gasteiger partial charge in [-0.1, -0.05) is 18.2 Å². The van der Waals surface area contributed by atoms with Crippen molar-refractivity contribution in [2.75, 3.05) is 16.6 Å². The lowest BCUT2D eigenvalue weighted by atomic mass is 10.1. The maximum absolute atomic E-state index is 5.05.